The summed E-state index contributed by atoms with van der Waals surface area (Å²) in [5, 5.41) is 0.327. The maximum Gasteiger partial charge on any atom is 0.345 e. The lowest BCUT2D eigenvalue weighted by atomic mass is 10.1. The number of halogens is 1. The predicted molar refractivity (Wildman–Crippen MR) is 116 cm³/mol. The molecule has 0 aliphatic rings. The number of rotatable bonds is 7. The Morgan fingerprint density at radius 1 is 0.833 bits per heavy atom. The zero-order valence-corrected chi connectivity index (χ0v) is 17.2. The molecule has 0 fully saturated rings. The molecule has 3 aromatic carbocycles. The average molecular weight is 423 g/mol. The number of esters is 1. The average Bonchev–Trinajstić information content (AvgIpc) is 2.78. The molecule has 0 saturated heterocycles. The second-order valence-electron chi connectivity index (χ2n) is 6.20. The van der Waals surface area contributed by atoms with Crippen LogP contribution in [0.1, 0.15) is 26.3 Å². The van der Waals surface area contributed by atoms with Crippen LogP contribution in [0.15, 0.2) is 72.8 Å². The molecular weight excluding hydrogens is 404 g/mol. The van der Waals surface area contributed by atoms with Crippen molar-refractivity contribution in [2.75, 3.05) is 14.2 Å². The fourth-order valence-electron chi connectivity index (χ4n) is 2.70. The number of carbonyl (C=O) groups is 2. The van der Waals surface area contributed by atoms with Crippen molar-refractivity contribution >= 4 is 29.4 Å². The molecular formula is C24H19ClO5. The van der Waals surface area contributed by atoms with Crippen molar-refractivity contribution in [2.24, 2.45) is 0 Å². The fraction of sp³-hybridized carbons (Fsp3) is 0.0833. The van der Waals surface area contributed by atoms with Crippen LogP contribution in [-0.2, 0) is 0 Å². The van der Waals surface area contributed by atoms with Gasteiger partial charge in [-0.2, -0.15) is 0 Å². The van der Waals surface area contributed by atoms with E-state index in [-0.39, 0.29) is 5.78 Å². The Morgan fingerprint density at radius 2 is 1.53 bits per heavy atom. The van der Waals surface area contributed by atoms with Gasteiger partial charge in [0, 0.05) is 0 Å². The number of methoxy groups -OCH3 is 2. The number of allylic oxidation sites excluding steroid dienone is 1. The number of ether oxygens (including phenoxy) is 3. The zero-order chi connectivity index (χ0) is 21.5. The number of hydrogen-bond donors (Lipinski definition) is 0. The van der Waals surface area contributed by atoms with E-state index in [1.807, 2.05) is 0 Å². The molecule has 0 radical (unpaired) electrons. The van der Waals surface area contributed by atoms with Gasteiger partial charge < -0.3 is 14.2 Å². The molecule has 0 bridgehead atoms. The molecule has 0 aromatic heterocycles. The Morgan fingerprint density at radius 3 is 2.20 bits per heavy atom. The lowest BCUT2D eigenvalue weighted by molar-refractivity contribution is 0.0734. The summed E-state index contributed by atoms with van der Waals surface area (Å²) < 4.78 is 15.8. The molecule has 0 spiro atoms. The molecule has 3 rings (SSSR count). The molecule has 0 N–H and O–H groups in total. The summed E-state index contributed by atoms with van der Waals surface area (Å²) in [5.41, 5.74) is 1.46. The van der Waals surface area contributed by atoms with Gasteiger partial charge in [0.2, 0.25) is 0 Å². The highest BCUT2D eigenvalue weighted by molar-refractivity contribution is 6.33. The Bertz CT molecular complexity index is 1090. The Balaban J connectivity index is 1.70. The van der Waals surface area contributed by atoms with E-state index >= 15 is 0 Å². The van der Waals surface area contributed by atoms with Gasteiger partial charge in [-0.15, -0.1) is 0 Å². The minimum atomic E-state index is -0.538. The van der Waals surface area contributed by atoms with Crippen LogP contribution in [0.2, 0.25) is 5.02 Å². The smallest absolute Gasteiger partial charge is 0.345 e. The summed E-state index contributed by atoms with van der Waals surface area (Å²) in [7, 11) is 3.04. The lowest BCUT2D eigenvalue weighted by Crippen LogP contribution is -2.08. The van der Waals surface area contributed by atoms with Gasteiger partial charge in [-0.3, -0.25) is 4.79 Å². The van der Waals surface area contributed by atoms with Gasteiger partial charge in [-0.25, -0.2) is 4.79 Å². The molecule has 0 saturated carbocycles. The minimum Gasteiger partial charge on any atom is -0.497 e. The van der Waals surface area contributed by atoms with Gasteiger partial charge in [0.15, 0.2) is 5.78 Å². The second-order valence-corrected chi connectivity index (χ2v) is 6.61. The summed E-state index contributed by atoms with van der Waals surface area (Å²) >= 11 is 6.01. The van der Waals surface area contributed by atoms with Crippen molar-refractivity contribution in [1.82, 2.24) is 0 Å². The van der Waals surface area contributed by atoms with Gasteiger partial charge in [-0.05, 0) is 54.1 Å². The van der Waals surface area contributed by atoms with E-state index in [0.29, 0.717) is 33.4 Å². The molecule has 30 heavy (non-hydrogen) atoms. The molecule has 0 aliphatic heterocycles. The fourth-order valence-corrected chi connectivity index (χ4v) is 2.92. The van der Waals surface area contributed by atoms with Crippen molar-refractivity contribution in [2.45, 2.75) is 0 Å². The first-order valence-electron chi connectivity index (χ1n) is 9.03. The van der Waals surface area contributed by atoms with Crippen molar-refractivity contribution < 1.29 is 23.8 Å². The highest BCUT2D eigenvalue weighted by Crippen LogP contribution is 2.25. The van der Waals surface area contributed by atoms with Crippen LogP contribution >= 0.6 is 11.6 Å². The molecule has 0 unspecified atom stereocenters. The van der Waals surface area contributed by atoms with Crippen LogP contribution in [0.5, 0.6) is 17.2 Å². The van der Waals surface area contributed by atoms with Crippen LogP contribution in [0.4, 0.5) is 0 Å². The molecule has 0 amide bonds. The van der Waals surface area contributed by atoms with Crippen molar-refractivity contribution in [3.63, 3.8) is 0 Å². The zero-order valence-electron chi connectivity index (χ0n) is 16.4. The van der Waals surface area contributed by atoms with E-state index in [4.69, 9.17) is 25.8 Å². The molecule has 0 aliphatic carbocycles. The summed E-state index contributed by atoms with van der Waals surface area (Å²) in [5.74, 6) is 0.645. The van der Waals surface area contributed by atoms with Gasteiger partial charge in [-0.1, -0.05) is 41.9 Å². The summed E-state index contributed by atoms with van der Waals surface area (Å²) in [6, 6.07) is 18.5. The summed E-state index contributed by atoms with van der Waals surface area (Å²) in [6.45, 7) is 0. The lowest BCUT2D eigenvalue weighted by Gasteiger charge is -2.08. The predicted octanol–water partition coefficient (Wildman–Crippen LogP) is 5.47. The van der Waals surface area contributed by atoms with Crippen LogP contribution in [0.3, 0.4) is 0 Å². The maximum atomic E-state index is 12.6. The number of hydrogen-bond acceptors (Lipinski definition) is 5. The number of benzene rings is 3. The first kappa shape index (κ1) is 21.1. The molecule has 3 aromatic rings. The minimum absolute atomic E-state index is 0.222. The monoisotopic (exact) mass is 422 g/mol. The van der Waals surface area contributed by atoms with E-state index in [2.05, 4.69) is 0 Å². The van der Waals surface area contributed by atoms with Gasteiger partial charge >= 0.3 is 5.97 Å². The molecule has 6 heteroatoms. The first-order chi connectivity index (χ1) is 14.5. The topological polar surface area (TPSA) is 61.8 Å². The van der Waals surface area contributed by atoms with E-state index in [1.165, 1.54) is 20.3 Å². The second kappa shape index (κ2) is 9.76. The van der Waals surface area contributed by atoms with Crippen molar-refractivity contribution in [3.05, 3.63) is 94.5 Å². The third-order valence-corrected chi connectivity index (χ3v) is 4.61. The van der Waals surface area contributed by atoms with E-state index in [1.54, 1.807) is 72.8 Å². The summed E-state index contributed by atoms with van der Waals surface area (Å²) in [6.07, 6.45) is 3.11. The van der Waals surface area contributed by atoms with E-state index in [0.717, 1.165) is 5.56 Å². The van der Waals surface area contributed by atoms with E-state index in [9.17, 15) is 9.59 Å². The van der Waals surface area contributed by atoms with Crippen LogP contribution in [-0.4, -0.2) is 26.0 Å². The SMILES string of the molecule is COc1ccc(OC)c(C(=O)/C=C/c2ccc(OC(=O)c3ccccc3Cl)cc2)c1. The maximum absolute atomic E-state index is 12.6. The van der Waals surface area contributed by atoms with Crippen molar-refractivity contribution in [3.8, 4) is 17.2 Å². The quantitative estimate of drug-likeness (QED) is 0.218. The third-order valence-electron chi connectivity index (χ3n) is 4.28. The van der Waals surface area contributed by atoms with Gasteiger partial charge in [0.1, 0.15) is 17.2 Å². The summed E-state index contributed by atoms with van der Waals surface area (Å²) in [4.78, 5) is 24.8. The number of ketones is 1. The normalized spacial score (nSPS) is 10.6. The molecule has 0 heterocycles. The van der Waals surface area contributed by atoms with Crippen LogP contribution in [0.25, 0.3) is 6.08 Å². The highest BCUT2D eigenvalue weighted by atomic mass is 35.5. The van der Waals surface area contributed by atoms with Gasteiger partial charge in [0.25, 0.3) is 0 Å². The largest absolute Gasteiger partial charge is 0.497 e. The van der Waals surface area contributed by atoms with Crippen LogP contribution in [0, 0.1) is 0 Å². The highest BCUT2D eigenvalue weighted by Gasteiger charge is 2.13. The third kappa shape index (κ3) is 5.07. The molecule has 5 nitrogen and oxygen atoms in total. The first-order valence-corrected chi connectivity index (χ1v) is 9.41. The Hall–Kier alpha value is -3.57. The van der Waals surface area contributed by atoms with E-state index < -0.39 is 5.97 Å². The Kier molecular flexibility index (Phi) is 6.88. The standard InChI is InChI=1S/C24H19ClO5/c1-28-18-12-14-23(29-2)20(15-18)22(26)13-9-16-7-10-17(11-8-16)30-24(27)19-5-3-4-6-21(19)25/h3-15H,1-2H3/b13-9+. The van der Waals surface area contributed by atoms with Gasteiger partial charge in [0.05, 0.1) is 30.4 Å². The number of carbonyl (C=O) groups excluding carboxylic acids is 2. The molecule has 152 valence electrons. The van der Waals surface area contributed by atoms with Crippen LogP contribution < -0.4 is 14.2 Å². The molecule has 0 atom stereocenters. The Labute approximate surface area is 179 Å². The van der Waals surface area contributed by atoms with Crippen molar-refractivity contribution in [1.29, 1.82) is 0 Å².